The lowest BCUT2D eigenvalue weighted by Gasteiger charge is -2.35. The Bertz CT molecular complexity index is 953. The number of carbonyl (C=O) groups excluding carboxylic acids is 1. The standard InChI is InChI=1S/C19H21N5O2/c1-12-3-4-15-14(9-12)11-16(26-15)18(25)24-7-5-23(6-8-24)17-10-13(2)21-19(20)22-17/h3-4,9-11H,5-8H2,1-2H3,(H2,20,21,22). The number of hydrogen-bond donors (Lipinski definition) is 1. The molecule has 2 N–H and O–H groups in total. The summed E-state index contributed by atoms with van der Waals surface area (Å²) in [6.45, 7) is 6.52. The second-order valence-electron chi connectivity index (χ2n) is 6.66. The zero-order chi connectivity index (χ0) is 18.3. The summed E-state index contributed by atoms with van der Waals surface area (Å²) >= 11 is 0. The summed E-state index contributed by atoms with van der Waals surface area (Å²) in [4.78, 5) is 25.1. The molecule has 26 heavy (non-hydrogen) atoms. The summed E-state index contributed by atoms with van der Waals surface area (Å²) < 4.78 is 5.74. The molecule has 0 spiro atoms. The number of aryl methyl sites for hydroxylation is 2. The third-order valence-corrected chi connectivity index (χ3v) is 4.63. The summed E-state index contributed by atoms with van der Waals surface area (Å²) in [5, 5.41) is 0.957. The molecule has 1 aromatic carbocycles. The van der Waals surface area contributed by atoms with Crippen molar-refractivity contribution in [3.8, 4) is 0 Å². The summed E-state index contributed by atoms with van der Waals surface area (Å²) in [7, 11) is 0. The molecule has 0 bridgehead atoms. The molecular formula is C19H21N5O2. The van der Waals surface area contributed by atoms with E-state index >= 15 is 0 Å². The number of aromatic nitrogens is 2. The first-order chi connectivity index (χ1) is 12.5. The fourth-order valence-corrected chi connectivity index (χ4v) is 3.30. The average molecular weight is 351 g/mol. The summed E-state index contributed by atoms with van der Waals surface area (Å²) in [6.07, 6.45) is 0. The van der Waals surface area contributed by atoms with Gasteiger partial charge in [-0.05, 0) is 32.0 Å². The first kappa shape index (κ1) is 16.4. The Kier molecular flexibility index (Phi) is 3.99. The maximum Gasteiger partial charge on any atom is 0.289 e. The van der Waals surface area contributed by atoms with Crippen LogP contribution < -0.4 is 10.6 Å². The van der Waals surface area contributed by atoms with Gasteiger partial charge >= 0.3 is 0 Å². The Morgan fingerprint density at radius 3 is 2.58 bits per heavy atom. The third-order valence-electron chi connectivity index (χ3n) is 4.63. The van der Waals surface area contributed by atoms with Gasteiger partial charge in [-0.1, -0.05) is 11.6 Å². The highest BCUT2D eigenvalue weighted by Gasteiger charge is 2.25. The number of carbonyl (C=O) groups is 1. The fourth-order valence-electron chi connectivity index (χ4n) is 3.30. The predicted octanol–water partition coefficient (Wildman–Crippen LogP) is 2.38. The number of piperazine rings is 1. The number of anilines is 2. The van der Waals surface area contributed by atoms with E-state index < -0.39 is 0 Å². The van der Waals surface area contributed by atoms with Crippen molar-refractivity contribution >= 4 is 28.6 Å². The first-order valence-corrected chi connectivity index (χ1v) is 8.65. The molecule has 7 nitrogen and oxygen atoms in total. The van der Waals surface area contributed by atoms with E-state index in [9.17, 15) is 4.79 Å². The Labute approximate surface area is 151 Å². The van der Waals surface area contributed by atoms with Gasteiger partial charge in [0, 0.05) is 43.3 Å². The number of furan rings is 1. The minimum atomic E-state index is -0.0723. The number of rotatable bonds is 2. The van der Waals surface area contributed by atoms with Crippen molar-refractivity contribution in [3.63, 3.8) is 0 Å². The van der Waals surface area contributed by atoms with Gasteiger partial charge in [0.1, 0.15) is 11.4 Å². The molecule has 134 valence electrons. The molecule has 0 aliphatic carbocycles. The van der Waals surface area contributed by atoms with Crippen molar-refractivity contribution in [3.05, 3.63) is 47.3 Å². The van der Waals surface area contributed by atoms with Crippen molar-refractivity contribution in [1.29, 1.82) is 0 Å². The molecule has 1 aliphatic rings. The summed E-state index contributed by atoms with van der Waals surface area (Å²) in [5.41, 5.74) is 8.46. The second kappa shape index (κ2) is 6.33. The molecule has 2 aromatic heterocycles. The van der Waals surface area contributed by atoms with E-state index in [0.717, 1.165) is 28.0 Å². The normalized spacial score (nSPS) is 14.8. The van der Waals surface area contributed by atoms with Crippen molar-refractivity contribution in [2.24, 2.45) is 0 Å². The van der Waals surface area contributed by atoms with Crippen LogP contribution in [0.25, 0.3) is 11.0 Å². The minimum Gasteiger partial charge on any atom is -0.451 e. The average Bonchev–Trinajstić information content (AvgIpc) is 3.03. The van der Waals surface area contributed by atoms with Crippen LogP contribution in [0.15, 0.2) is 34.7 Å². The highest BCUT2D eigenvalue weighted by molar-refractivity contribution is 5.96. The van der Waals surface area contributed by atoms with E-state index in [1.807, 2.05) is 49.1 Å². The number of fused-ring (bicyclic) bond motifs is 1. The van der Waals surface area contributed by atoms with Gasteiger partial charge in [0.2, 0.25) is 5.95 Å². The molecule has 0 saturated carbocycles. The lowest BCUT2D eigenvalue weighted by molar-refractivity contribution is 0.0717. The molecule has 7 heteroatoms. The highest BCUT2D eigenvalue weighted by atomic mass is 16.3. The molecular weight excluding hydrogens is 330 g/mol. The van der Waals surface area contributed by atoms with Crippen LogP contribution in [0.5, 0.6) is 0 Å². The number of benzene rings is 1. The molecule has 0 unspecified atom stereocenters. The molecule has 1 fully saturated rings. The van der Waals surface area contributed by atoms with Crippen molar-refractivity contribution in [1.82, 2.24) is 14.9 Å². The van der Waals surface area contributed by atoms with Crippen LogP contribution in [-0.4, -0.2) is 47.0 Å². The van der Waals surface area contributed by atoms with E-state index in [-0.39, 0.29) is 11.9 Å². The molecule has 4 rings (SSSR count). The molecule has 1 amide bonds. The van der Waals surface area contributed by atoms with Gasteiger partial charge in [0.15, 0.2) is 5.76 Å². The molecule has 1 saturated heterocycles. The molecule has 0 atom stereocenters. The number of nitrogens with zero attached hydrogens (tertiary/aromatic N) is 4. The lowest BCUT2D eigenvalue weighted by atomic mass is 10.2. The van der Waals surface area contributed by atoms with Crippen LogP contribution in [0.1, 0.15) is 21.8 Å². The van der Waals surface area contributed by atoms with Gasteiger partial charge in [-0.3, -0.25) is 4.79 Å². The number of nitrogens with two attached hydrogens (primary N) is 1. The van der Waals surface area contributed by atoms with Crippen LogP contribution in [0.4, 0.5) is 11.8 Å². The molecule has 3 aromatic rings. The van der Waals surface area contributed by atoms with Crippen molar-refractivity contribution < 1.29 is 9.21 Å². The fraction of sp³-hybridized carbons (Fsp3) is 0.316. The van der Waals surface area contributed by atoms with E-state index in [0.29, 0.717) is 31.9 Å². The maximum absolute atomic E-state index is 12.8. The first-order valence-electron chi connectivity index (χ1n) is 8.65. The number of amides is 1. The van der Waals surface area contributed by atoms with Crippen LogP contribution >= 0.6 is 0 Å². The van der Waals surface area contributed by atoms with E-state index in [2.05, 4.69) is 14.9 Å². The van der Waals surface area contributed by atoms with E-state index in [1.54, 1.807) is 0 Å². The van der Waals surface area contributed by atoms with Crippen LogP contribution in [-0.2, 0) is 0 Å². The molecule has 3 heterocycles. The Hall–Kier alpha value is -3.09. The third kappa shape index (κ3) is 3.08. The monoisotopic (exact) mass is 351 g/mol. The van der Waals surface area contributed by atoms with Gasteiger partial charge in [-0.15, -0.1) is 0 Å². The quantitative estimate of drug-likeness (QED) is 0.763. The lowest BCUT2D eigenvalue weighted by Crippen LogP contribution is -2.49. The molecule has 1 aliphatic heterocycles. The molecule has 0 radical (unpaired) electrons. The summed E-state index contributed by atoms with van der Waals surface area (Å²) in [6, 6.07) is 9.64. The SMILES string of the molecule is Cc1ccc2oc(C(=O)N3CCN(c4cc(C)nc(N)n4)CC3)cc2c1. The smallest absolute Gasteiger partial charge is 0.289 e. The van der Waals surface area contributed by atoms with Crippen molar-refractivity contribution in [2.75, 3.05) is 36.8 Å². The van der Waals surface area contributed by atoms with Crippen LogP contribution in [0.3, 0.4) is 0 Å². The highest BCUT2D eigenvalue weighted by Crippen LogP contribution is 2.23. The predicted molar refractivity (Wildman–Crippen MR) is 100 cm³/mol. The van der Waals surface area contributed by atoms with Gasteiger partial charge in [-0.2, -0.15) is 4.98 Å². The Morgan fingerprint density at radius 2 is 1.85 bits per heavy atom. The van der Waals surface area contributed by atoms with Gasteiger partial charge in [-0.25, -0.2) is 4.98 Å². The van der Waals surface area contributed by atoms with E-state index in [4.69, 9.17) is 10.2 Å². The topological polar surface area (TPSA) is 88.5 Å². The van der Waals surface area contributed by atoms with Gasteiger partial charge in [0.25, 0.3) is 5.91 Å². The van der Waals surface area contributed by atoms with Crippen molar-refractivity contribution in [2.45, 2.75) is 13.8 Å². The zero-order valence-corrected chi connectivity index (χ0v) is 14.9. The number of hydrogen-bond acceptors (Lipinski definition) is 6. The van der Waals surface area contributed by atoms with Crippen LogP contribution in [0, 0.1) is 13.8 Å². The van der Waals surface area contributed by atoms with Gasteiger partial charge in [0.05, 0.1) is 0 Å². The zero-order valence-electron chi connectivity index (χ0n) is 14.9. The maximum atomic E-state index is 12.8. The van der Waals surface area contributed by atoms with E-state index in [1.165, 1.54) is 0 Å². The Balaban J connectivity index is 1.47. The van der Waals surface area contributed by atoms with Crippen LogP contribution in [0.2, 0.25) is 0 Å². The Morgan fingerprint density at radius 1 is 1.08 bits per heavy atom. The second-order valence-corrected chi connectivity index (χ2v) is 6.66. The van der Waals surface area contributed by atoms with Gasteiger partial charge < -0.3 is 20.0 Å². The number of nitrogen functional groups attached to an aromatic ring is 1. The minimum absolute atomic E-state index is 0.0723. The largest absolute Gasteiger partial charge is 0.451 e. The summed E-state index contributed by atoms with van der Waals surface area (Å²) in [5.74, 6) is 1.40.